The van der Waals surface area contributed by atoms with E-state index in [2.05, 4.69) is 25.0 Å². The minimum atomic E-state index is -3.74. The number of anilines is 1. The molecule has 3 aromatic carbocycles. The van der Waals surface area contributed by atoms with E-state index in [4.69, 9.17) is 9.72 Å². The molecule has 12 heteroatoms. The SMILES string of the molecule is COc1cc(-c2nc(-c3ccccc3)[nH]c2-c2ccnc(NCCCNS(=O)(=O)c3ccc(F)cc3)n2)ccc1F. The predicted octanol–water partition coefficient (Wildman–Crippen LogP) is 5.27. The molecule has 0 amide bonds. The third kappa shape index (κ3) is 6.56. The average molecular weight is 577 g/mol. The Hall–Kier alpha value is -4.68. The highest BCUT2D eigenvalue weighted by Crippen LogP contribution is 2.34. The Labute approximate surface area is 235 Å². The smallest absolute Gasteiger partial charge is 0.240 e. The molecule has 0 spiro atoms. The number of methoxy groups -OCH3 is 1. The highest BCUT2D eigenvalue weighted by molar-refractivity contribution is 7.89. The minimum absolute atomic E-state index is 0.00750. The lowest BCUT2D eigenvalue weighted by atomic mass is 10.1. The number of imidazole rings is 1. The van der Waals surface area contributed by atoms with Crippen LogP contribution in [0, 0.1) is 11.6 Å². The maximum Gasteiger partial charge on any atom is 0.240 e. The Morgan fingerprint density at radius 2 is 1.68 bits per heavy atom. The second kappa shape index (κ2) is 12.2. The molecule has 5 aromatic rings. The number of halogens is 2. The van der Waals surface area contributed by atoms with E-state index in [1.165, 1.54) is 25.3 Å². The van der Waals surface area contributed by atoms with E-state index in [1.807, 2.05) is 30.3 Å². The van der Waals surface area contributed by atoms with E-state index in [1.54, 1.807) is 24.4 Å². The van der Waals surface area contributed by atoms with E-state index < -0.39 is 21.7 Å². The van der Waals surface area contributed by atoms with Crippen LogP contribution in [0.2, 0.25) is 0 Å². The summed E-state index contributed by atoms with van der Waals surface area (Å²) in [6.07, 6.45) is 2.04. The molecule has 0 saturated carbocycles. The third-order valence-corrected chi connectivity index (χ3v) is 7.62. The Bertz CT molecular complexity index is 1750. The lowest BCUT2D eigenvalue weighted by Gasteiger charge is -2.09. The molecule has 3 N–H and O–H groups in total. The van der Waals surface area contributed by atoms with Gasteiger partial charge in [-0.2, -0.15) is 0 Å². The van der Waals surface area contributed by atoms with Crippen molar-refractivity contribution in [1.29, 1.82) is 0 Å². The van der Waals surface area contributed by atoms with Gasteiger partial charge in [-0.15, -0.1) is 0 Å². The zero-order chi connectivity index (χ0) is 28.8. The van der Waals surface area contributed by atoms with E-state index in [0.29, 0.717) is 47.4 Å². The highest BCUT2D eigenvalue weighted by atomic mass is 32.2. The number of benzene rings is 3. The van der Waals surface area contributed by atoms with Crippen molar-refractivity contribution >= 4 is 16.0 Å². The van der Waals surface area contributed by atoms with Crippen molar-refractivity contribution < 1.29 is 21.9 Å². The van der Waals surface area contributed by atoms with Crippen LogP contribution in [-0.2, 0) is 10.0 Å². The summed E-state index contributed by atoms with van der Waals surface area (Å²) in [6, 6.07) is 20.5. The van der Waals surface area contributed by atoms with E-state index in [0.717, 1.165) is 17.7 Å². The van der Waals surface area contributed by atoms with Gasteiger partial charge in [-0.1, -0.05) is 30.3 Å². The molecule has 0 atom stereocenters. The first kappa shape index (κ1) is 27.9. The lowest BCUT2D eigenvalue weighted by molar-refractivity contribution is 0.387. The summed E-state index contributed by atoms with van der Waals surface area (Å²) in [4.78, 5) is 17.0. The van der Waals surface area contributed by atoms with Crippen molar-refractivity contribution in [1.82, 2.24) is 24.7 Å². The molecule has 0 fully saturated rings. The summed E-state index contributed by atoms with van der Waals surface area (Å²) in [7, 11) is -2.34. The summed E-state index contributed by atoms with van der Waals surface area (Å²) in [5, 5.41) is 3.10. The Morgan fingerprint density at radius 3 is 2.44 bits per heavy atom. The summed E-state index contributed by atoms with van der Waals surface area (Å²) in [5.41, 5.74) is 3.22. The fourth-order valence-corrected chi connectivity index (χ4v) is 5.16. The number of rotatable bonds is 11. The Balaban J connectivity index is 1.33. The van der Waals surface area contributed by atoms with E-state index >= 15 is 0 Å². The van der Waals surface area contributed by atoms with Gasteiger partial charge in [0.1, 0.15) is 11.6 Å². The molecule has 0 radical (unpaired) electrons. The number of H-pyrrole nitrogens is 1. The largest absolute Gasteiger partial charge is 0.494 e. The molecule has 0 aliphatic heterocycles. The van der Waals surface area contributed by atoms with Gasteiger partial charge in [0.25, 0.3) is 0 Å². The Morgan fingerprint density at radius 1 is 0.902 bits per heavy atom. The van der Waals surface area contributed by atoms with Gasteiger partial charge >= 0.3 is 0 Å². The van der Waals surface area contributed by atoms with Crippen LogP contribution in [0.1, 0.15) is 6.42 Å². The zero-order valence-electron chi connectivity index (χ0n) is 21.9. The standard InChI is InChI=1S/C29H26F2N6O3S/c1-40-25-18-20(8-13-23(25)31)26-27(37-28(36-26)19-6-3-2-4-7-19)24-14-17-33-29(35-24)32-15-5-16-34-41(38,39)22-11-9-21(30)10-12-22/h2-4,6-14,17-18,34H,5,15-16H2,1H3,(H,36,37)(H,32,33,35). The van der Waals surface area contributed by atoms with Crippen LogP contribution in [0.15, 0.2) is 90.0 Å². The van der Waals surface area contributed by atoms with Crippen LogP contribution >= 0.6 is 0 Å². The van der Waals surface area contributed by atoms with Gasteiger partial charge in [0.15, 0.2) is 11.6 Å². The number of sulfonamides is 1. The molecule has 210 valence electrons. The topological polar surface area (TPSA) is 122 Å². The summed E-state index contributed by atoms with van der Waals surface area (Å²) < 4.78 is 59.7. The molecule has 0 aliphatic carbocycles. The van der Waals surface area contributed by atoms with Gasteiger partial charge in [0.2, 0.25) is 16.0 Å². The fraction of sp³-hybridized carbons (Fsp3) is 0.138. The summed E-state index contributed by atoms with van der Waals surface area (Å²) >= 11 is 0. The van der Waals surface area contributed by atoms with Crippen LogP contribution in [0.5, 0.6) is 5.75 Å². The number of hydrogen-bond acceptors (Lipinski definition) is 7. The molecule has 5 rings (SSSR count). The van der Waals surface area contributed by atoms with Crippen LogP contribution in [0.25, 0.3) is 34.0 Å². The van der Waals surface area contributed by atoms with E-state index in [-0.39, 0.29) is 17.2 Å². The molecule has 2 heterocycles. The fourth-order valence-electron chi connectivity index (χ4n) is 4.08. The highest BCUT2D eigenvalue weighted by Gasteiger charge is 2.19. The molecule has 0 bridgehead atoms. The van der Waals surface area contributed by atoms with Crippen LogP contribution in [0.4, 0.5) is 14.7 Å². The molecule has 0 aliphatic rings. The first-order valence-corrected chi connectivity index (χ1v) is 14.1. The second-order valence-electron chi connectivity index (χ2n) is 8.92. The number of nitrogens with one attached hydrogen (secondary N) is 3. The molecule has 2 aromatic heterocycles. The van der Waals surface area contributed by atoms with Crippen molar-refractivity contribution in [3.63, 3.8) is 0 Å². The normalized spacial score (nSPS) is 11.4. The lowest BCUT2D eigenvalue weighted by Crippen LogP contribution is -2.26. The van der Waals surface area contributed by atoms with Gasteiger partial charge in [0.05, 0.1) is 29.1 Å². The molecule has 0 saturated heterocycles. The first-order valence-electron chi connectivity index (χ1n) is 12.7. The van der Waals surface area contributed by atoms with Gasteiger partial charge in [-0.3, -0.25) is 0 Å². The number of aromatic amines is 1. The average Bonchev–Trinajstić information content (AvgIpc) is 3.44. The molecular formula is C29H26F2N6O3S. The maximum absolute atomic E-state index is 14.1. The van der Waals surface area contributed by atoms with Crippen LogP contribution in [-0.4, -0.2) is 48.6 Å². The first-order chi connectivity index (χ1) is 19.8. The number of hydrogen-bond donors (Lipinski definition) is 3. The van der Waals surface area contributed by atoms with Crippen LogP contribution < -0.4 is 14.8 Å². The van der Waals surface area contributed by atoms with Crippen molar-refractivity contribution in [2.24, 2.45) is 0 Å². The Kier molecular flexibility index (Phi) is 8.31. The third-order valence-electron chi connectivity index (χ3n) is 6.14. The number of aromatic nitrogens is 4. The second-order valence-corrected chi connectivity index (χ2v) is 10.7. The number of ether oxygens (including phenoxy) is 1. The van der Waals surface area contributed by atoms with Gasteiger partial charge in [-0.05, 0) is 55.0 Å². The maximum atomic E-state index is 14.1. The van der Waals surface area contributed by atoms with Gasteiger partial charge in [0, 0.05) is 30.4 Å². The predicted molar refractivity (Wildman–Crippen MR) is 152 cm³/mol. The molecular weight excluding hydrogens is 550 g/mol. The molecule has 9 nitrogen and oxygen atoms in total. The van der Waals surface area contributed by atoms with Gasteiger partial charge < -0.3 is 15.0 Å². The van der Waals surface area contributed by atoms with Crippen molar-refractivity contribution in [2.75, 3.05) is 25.5 Å². The monoisotopic (exact) mass is 576 g/mol. The zero-order valence-corrected chi connectivity index (χ0v) is 22.8. The summed E-state index contributed by atoms with van der Waals surface area (Å²) in [5.74, 6) is 0.0528. The van der Waals surface area contributed by atoms with Crippen molar-refractivity contribution in [3.8, 4) is 39.8 Å². The molecule has 41 heavy (non-hydrogen) atoms. The van der Waals surface area contributed by atoms with Gasteiger partial charge in [-0.25, -0.2) is 36.9 Å². The van der Waals surface area contributed by atoms with Crippen molar-refractivity contribution in [3.05, 3.63) is 96.7 Å². The van der Waals surface area contributed by atoms with Crippen molar-refractivity contribution in [2.45, 2.75) is 11.3 Å². The number of nitrogens with zero attached hydrogens (tertiary/aromatic N) is 3. The van der Waals surface area contributed by atoms with E-state index in [9.17, 15) is 17.2 Å². The minimum Gasteiger partial charge on any atom is -0.494 e. The molecule has 0 unspecified atom stereocenters. The summed E-state index contributed by atoms with van der Waals surface area (Å²) in [6.45, 7) is 0.541. The quantitative estimate of drug-likeness (QED) is 0.183. The van der Waals surface area contributed by atoms with Crippen LogP contribution in [0.3, 0.4) is 0 Å².